The fourth-order valence-electron chi connectivity index (χ4n) is 3.45. The first-order chi connectivity index (χ1) is 10.2. The SMILES string of the molecule is CC(C)=C[C@H]1[C@H](C(=O)NCCc2c(C)nn(C)c2C)C1(C)C. The summed E-state index contributed by atoms with van der Waals surface area (Å²) in [5.41, 5.74) is 4.86. The molecule has 0 spiro atoms. The first-order valence-electron chi connectivity index (χ1n) is 8.08. The molecule has 4 heteroatoms. The van der Waals surface area contributed by atoms with Gasteiger partial charge in [0.2, 0.25) is 5.91 Å². The highest BCUT2D eigenvalue weighted by Gasteiger charge is 2.60. The van der Waals surface area contributed by atoms with Crippen molar-refractivity contribution in [2.24, 2.45) is 24.3 Å². The summed E-state index contributed by atoms with van der Waals surface area (Å²) >= 11 is 0. The summed E-state index contributed by atoms with van der Waals surface area (Å²) in [6.07, 6.45) is 3.08. The number of rotatable bonds is 5. The number of nitrogens with zero attached hydrogens (tertiary/aromatic N) is 2. The molecular weight excluding hydrogens is 274 g/mol. The summed E-state index contributed by atoms with van der Waals surface area (Å²) in [7, 11) is 1.96. The number of carbonyl (C=O) groups excluding carboxylic acids is 1. The molecule has 1 aliphatic rings. The second-order valence-electron chi connectivity index (χ2n) is 7.38. The van der Waals surface area contributed by atoms with Crippen LogP contribution < -0.4 is 5.32 Å². The molecule has 1 aliphatic carbocycles. The normalized spacial score (nSPS) is 22.3. The van der Waals surface area contributed by atoms with E-state index in [2.05, 4.69) is 51.1 Å². The molecule has 1 aromatic heterocycles. The number of allylic oxidation sites excluding steroid dienone is 2. The van der Waals surface area contributed by atoms with Gasteiger partial charge in [0, 0.05) is 19.3 Å². The molecule has 0 radical (unpaired) electrons. The quantitative estimate of drug-likeness (QED) is 0.850. The maximum Gasteiger partial charge on any atom is 0.224 e. The Balaban J connectivity index is 1.90. The summed E-state index contributed by atoms with van der Waals surface area (Å²) in [5, 5.41) is 7.53. The monoisotopic (exact) mass is 303 g/mol. The third-order valence-electron chi connectivity index (χ3n) is 5.04. The van der Waals surface area contributed by atoms with E-state index in [-0.39, 0.29) is 17.2 Å². The Labute approximate surface area is 134 Å². The van der Waals surface area contributed by atoms with Crippen molar-refractivity contribution < 1.29 is 4.79 Å². The predicted molar refractivity (Wildman–Crippen MR) is 89.6 cm³/mol. The van der Waals surface area contributed by atoms with E-state index in [9.17, 15) is 4.79 Å². The van der Waals surface area contributed by atoms with Crippen LogP contribution in [0.3, 0.4) is 0 Å². The molecule has 1 fully saturated rings. The van der Waals surface area contributed by atoms with Gasteiger partial charge < -0.3 is 5.32 Å². The standard InChI is InChI=1S/C18H29N3O/c1-11(2)10-15-16(18(15,5)6)17(22)19-9-8-14-12(3)20-21(7)13(14)4/h10,15-16H,8-9H2,1-7H3,(H,19,22)/t15-,16+/m0/s1. The molecule has 1 saturated carbocycles. The number of hydrogen-bond acceptors (Lipinski definition) is 2. The number of aryl methyl sites for hydroxylation is 2. The van der Waals surface area contributed by atoms with Gasteiger partial charge in [-0.15, -0.1) is 0 Å². The summed E-state index contributed by atoms with van der Waals surface area (Å²) in [6, 6.07) is 0. The van der Waals surface area contributed by atoms with Gasteiger partial charge in [0.1, 0.15) is 0 Å². The van der Waals surface area contributed by atoms with Crippen LogP contribution in [0.15, 0.2) is 11.6 Å². The molecule has 0 saturated heterocycles. The van der Waals surface area contributed by atoms with E-state index >= 15 is 0 Å². The Kier molecular flexibility index (Phi) is 4.50. The Morgan fingerprint density at radius 1 is 1.36 bits per heavy atom. The summed E-state index contributed by atoms with van der Waals surface area (Å²) in [5.74, 6) is 0.671. The molecule has 0 bridgehead atoms. The Bertz CT molecular complexity index is 606. The molecule has 122 valence electrons. The minimum absolute atomic E-state index is 0.0848. The number of amides is 1. The van der Waals surface area contributed by atoms with Crippen molar-refractivity contribution >= 4 is 5.91 Å². The van der Waals surface area contributed by atoms with Gasteiger partial charge in [0.15, 0.2) is 0 Å². The van der Waals surface area contributed by atoms with Crippen LogP contribution in [0, 0.1) is 31.1 Å². The minimum Gasteiger partial charge on any atom is -0.355 e. The zero-order valence-corrected chi connectivity index (χ0v) is 14.9. The Morgan fingerprint density at radius 2 is 2.00 bits per heavy atom. The third-order valence-corrected chi connectivity index (χ3v) is 5.04. The van der Waals surface area contributed by atoms with Crippen molar-refractivity contribution in [3.8, 4) is 0 Å². The fraction of sp³-hybridized carbons (Fsp3) is 0.667. The zero-order chi connectivity index (χ0) is 16.7. The molecule has 2 rings (SSSR count). The van der Waals surface area contributed by atoms with Crippen molar-refractivity contribution in [2.75, 3.05) is 6.54 Å². The van der Waals surface area contributed by atoms with Crippen LogP contribution in [0.1, 0.15) is 44.6 Å². The molecule has 1 N–H and O–H groups in total. The van der Waals surface area contributed by atoms with Gasteiger partial charge in [-0.1, -0.05) is 25.5 Å². The van der Waals surface area contributed by atoms with E-state index in [1.54, 1.807) is 0 Å². The number of aromatic nitrogens is 2. The van der Waals surface area contributed by atoms with Crippen LogP contribution in [-0.4, -0.2) is 22.2 Å². The first kappa shape index (κ1) is 16.8. The van der Waals surface area contributed by atoms with Gasteiger partial charge in [-0.05, 0) is 51.0 Å². The third kappa shape index (κ3) is 3.11. The highest BCUT2D eigenvalue weighted by Crippen LogP contribution is 2.59. The number of hydrogen-bond donors (Lipinski definition) is 1. The zero-order valence-electron chi connectivity index (χ0n) is 14.9. The van der Waals surface area contributed by atoms with Crippen molar-refractivity contribution in [3.05, 3.63) is 28.6 Å². The van der Waals surface area contributed by atoms with E-state index < -0.39 is 0 Å². The van der Waals surface area contributed by atoms with E-state index in [1.807, 2.05) is 18.7 Å². The summed E-state index contributed by atoms with van der Waals surface area (Å²) in [6.45, 7) is 13.3. The maximum atomic E-state index is 12.4. The van der Waals surface area contributed by atoms with Gasteiger partial charge >= 0.3 is 0 Å². The second-order valence-corrected chi connectivity index (χ2v) is 7.38. The lowest BCUT2D eigenvalue weighted by atomic mass is 10.1. The molecule has 2 atom stereocenters. The van der Waals surface area contributed by atoms with Crippen molar-refractivity contribution in [2.45, 2.75) is 48.0 Å². The lowest BCUT2D eigenvalue weighted by Gasteiger charge is -2.07. The maximum absolute atomic E-state index is 12.4. The number of nitrogens with one attached hydrogen (secondary N) is 1. The highest BCUT2D eigenvalue weighted by atomic mass is 16.2. The van der Waals surface area contributed by atoms with Crippen molar-refractivity contribution in [1.29, 1.82) is 0 Å². The molecular formula is C18H29N3O. The van der Waals surface area contributed by atoms with Gasteiger partial charge in [0.05, 0.1) is 11.6 Å². The summed E-state index contributed by atoms with van der Waals surface area (Å²) in [4.78, 5) is 12.4. The van der Waals surface area contributed by atoms with Crippen LogP contribution in [0.4, 0.5) is 0 Å². The average Bonchev–Trinajstić information content (AvgIpc) is 2.83. The first-order valence-corrected chi connectivity index (χ1v) is 8.08. The van der Waals surface area contributed by atoms with Gasteiger partial charge in [-0.3, -0.25) is 9.48 Å². The van der Waals surface area contributed by atoms with Crippen LogP contribution in [0.5, 0.6) is 0 Å². The topological polar surface area (TPSA) is 46.9 Å². The molecule has 0 aliphatic heterocycles. The van der Waals surface area contributed by atoms with Gasteiger partial charge in [-0.25, -0.2) is 0 Å². The molecule has 22 heavy (non-hydrogen) atoms. The van der Waals surface area contributed by atoms with Crippen LogP contribution in [0.25, 0.3) is 0 Å². The van der Waals surface area contributed by atoms with Crippen LogP contribution in [0.2, 0.25) is 0 Å². The average molecular weight is 303 g/mol. The van der Waals surface area contributed by atoms with E-state index in [0.29, 0.717) is 12.5 Å². The molecule has 0 unspecified atom stereocenters. The van der Waals surface area contributed by atoms with Gasteiger partial charge in [0.25, 0.3) is 0 Å². The Morgan fingerprint density at radius 3 is 2.50 bits per heavy atom. The molecule has 1 amide bonds. The van der Waals surface area contributed by atoms with E-state index in [1.165, 1.54) is 16.8 Å². The fourth-order valence-corrected chi connectivity index (χ4v) is 3.45. The Hall–Kier alpha value is -1.58. The van der Waals surface area contributed by atoms with E-state index in [4.69, 9.17) is 0 Å². The van der Waals surface area contributed by atoms with Crippen molar-refractivity contribution in [3.63, 3.8) is 0 Å². The van der Waals surface area contributed by atoms with E-state index in [0.717, 1.165) is 12.1 Å². The number of carbonyl (C=O) groups is 1. The lowest BCUT2D eigenvalue weighted by molar-refractivity contribution is -0.123. The summed E-state index contributed by atoms with van der Waals surface area (Å²) < 4.78 is 1.90. The van der Waals surface area contributed by atoms with Crippen molar-refractivity contribution in [1.82, 2.24) is 15.1 Å². The van der Waals surface area contributed by atoms with Gasteiger partial charge in [-0.2, -0.15) is 5.10 Å². The second kappa shape index (κ2) is 5.90. The largest absolute Gasteiger partial charge is 0.355 e. The van der Waals surface area contributed by atoms with Crippen LogP contribution >= 0.6 is 0 Å². The highest BCUT2D eigenvalue weighted by molar-refractivity contribution is 5.83. The predicted octanol–water partition coefficient (Wildman–Crippen LogP) is 2.93. The molecule has 4 nitrogen and oxygen atoms in total. The lowest BCUT2D eigenvalue weighted by Crippen LogP contribution is -2.29. The molecule has 0 aromatic carbocycles. The molecule has 1 aromatic rings. The van der Waals surface area contributed by atoms with Crippen LogP contribution in [-0.2, 0) is 18.3 Å². The molecule has 1 heterocycles. The smallest absolute Gasteiger partial charge is 0.224 e. The minimum atomic E-state index is 0.0848.